The van der Waals surface area contributed by atoms with Crippen LogP contribution in [0, 0.1) is 21.7 Å². The van der Waals surface area contributed by atoms with Gasteiger partial charge in [-0.2, -0.15) is 8.70 Å². The molecule has 2 rings (SSSR count). The van der Waals surface area contributed by atoms with Crippen LogP contribution in [0.1, 0.15) is 24.2 Å². The van der Waals surface area contributed by atoms with Gasteiger partial charge in [-0.05, 0) is 30.3 Å². The number of nitro benzene ring substituents is 1. The summed E-state index contributed by atoms with van der Waals surface area (Å²) in [7, 11) is -4.14. The lowest BCUT2D eigenvalue weighted by atomic mass is 10.2. The minimum atomic E-state index is -4.14. The Morgan fingerprint density at radius 1 is 1.11 bits per heavy atom. The zero-order valence-electron chi connectivity index (χ0n) is 15.0. The van der Waals surface area contributed by atoms with Gasteiger partial charge in [0.25, 0.3) is 5.91 Å². The van der Waals surface area contributed by atoms with Crippen molar-refractivity contribution in [2.75, 3.05) is 18.4 Å². The molecule has 28 heavy (non-hydrogen) atoms. The molecule has 0 fully saturated rings. The maximum atomic E-state index is 14.1. The van der Waals surface area contributed by atoms with Crippen LogP contribution in [0.4, 0.5) is 20.2 Å². The normalized spacial score (nSPS) is 11.5. The monoisotopic (exact) mass is 413 g/mol. The molecule has 0 unspecified atom stereocenters. The van der Waals surface area contributed by atoms with Gasteiger partial charge in [0.15, 0.2) is 0 Å². The number of sulfonamides is 1. The number of benzene rings is 2. The molecule has 2 aromatic rings. The van der Waals surface area contributed by atoms with Crippen molar-refractivity contribution in [2.24, 2.45) is 0 Å². The summed E-state index contributed by atoms with van der Waals surface area (Å²) in [6.45, 7) is 3.43. The van der Waals surface area contributed by atoms with Crippen LogP contribution in [0.3, 0.4) is 0 Å². The summed E-state index contributed by atoms with van der Waals surface area (Å²) in [5.74, 6) is -2.92. The van der Waals surface area contributed by atoms with E-state index in [1.807, 2.05) is 0 Å². The highest BCUT2D eigenvalue weighted by atomic mass is 32.2. The summed E-state index contributed by atoms with van der Waals surface area (Å²) < 4.78 is 53.6. The predicted molar refractivity (Wildman–Crippen MR) is 97.5 cm³/mol. The summed E-state index contributed by atoms with van der Waals surface area (Å²) in [5.41, 5.74) is -1.09. The Hall–Kier alpha value is -2.92. The second kappa shape index (κ2) is 8.40. The molecule has 11 heteroatoms. The maximum Gasteiger partial charge on any atom is 0.306 e. The van der Waals surface area contributed by atoms with Crippen LogP contribution < -0.4 is 5.32 Å². The third-order valence-corrected chi connectivity index (χ3v) is 5.98. The van der Waals surface area contributed by atoms with Gasteiger partial charge in [0.1, 0.15) is 10.7 Å². The number of nitrogens with zero attached hydrogens (tertiary/aromatic N) is 2. The highest BCUT2D eigenvalue weighted by Gasteiger charge is 2.26. The molecule has 0 saturated carbocycles. The molecule has 0 aromatic heterocycles. The van der Waals surface area contributed by atoms with Crippen molar-refractivity contribution in [2.45, 2.75) is 18.7 Å². The molecule has 0 heterocycles. The van der Waals surface area contributed by atoms with E-state index in [0.717, 1.165) is 40.7 Å². The van der Waals surface area contributed by atoms with Gasteiger partial charge in [-0.15, -0.1) is 0 Å². The van der Waals surface area contributed by atoms with E-state index in [1.165, 1.54) is 0 Å². The number of hydrogen-bond acceptors (Lipinski definition) is 5. The van der Waals surface area contributed by atoms with Gasteiger partial charge in [-0.3, -0.25) is 14.9 Å². The van der Waals surface area contributed by atoms with E-state index < -0.39 is 43.1 Å². The Balaban J connectivity index is 2.38. The van der Waals surface area contributed by atoms with Gasteiger partial charge in [-0.1, -0.05) is 13.8 Å². The third kappa shape index (κ3) is 4.31. The highest BCUT2D eigenvalue weighted by Crippen LogP contribution is 2.24. The van der Waals surface area contributed by atoms with Crippen LogP contribution in [0.5, 0.6) is 0 Å². The molecule has 0 aliphatic heterocycles. The average molecular weight is 413 g/mol. The molecule has 1 amide bonds. The molecule has 0 radical (unpaired) electrons. The van der Waals surface area contributed by atoms with Crippen molar-refractivity contribution in [1.29, 1.82) is 0 Å². The van der Waals surface area contributed by atoms with Crippen molar-refractivity contribution in [3.05, 3.63) is 63.7 Å². The quantitative estimate of drug-likeness (QED) is 0.554. The van der Waals surface area contributed by atoms with Crippen molar-refractivity contribution in [3.63, 3.8) is 0 Å². The Labute approximate surface area is 160 Å². The Bertz CT molecular complexity index is 1020. The van der Waals surface area contributed by atoms with Crippen LogP contribution in [0.2, 0.25) is 0 Å². The largest absolute Gasteiger partial charge is 0.322 e. The molecule has 1 N–H and O–H groups in total. The number of amides is 1. The van der Waals surface area contributed by atoms with Gasteiger partial charge in [0.2, 0.25) is 15.8 Å². The molecular weight excluding hydrogens is 396 g/mol. The minimum absolute atomic E-state index is 0.0735. The number of nitro groups is 1. The van der Waals surface area contributed by atoms with E-state index >= 15 is 0 Å². The molecular formula is C17H17F2N3O5S. The molecule has 0 aliphatic carbocycles. The van der Waals surface area contributed by atoms with E-state index in [-0.39, 0.29) is 24.3 Å². The average Bonchev–Trinajstić information content (AvgIpc) is 2.64. The number of rotatable bonds is 7. The van der Waals surface area contributed by atoms with Crippen molar-refractivity contribution in [1.82, 2.24) is 4.31 Å². The molecule has 0 aliphatic rings. The van der Waals surface area contributed by atoms with E-state index in [0.29, 0.717) is 0 Å². The summed E-state index contributed by atoms with van der Waals surface area (Å²) in [4.78, 5) is 21.6. The summed E-state index contributed by atoms with van der Waals surface area (Å²) in [6.07, 6.45) is 0. The first-order valence-corrected chi connectivity index (χ1v) is 9.60. The third-order valence-electron chi connectivity index (χ3n) is 3.92. The Morgan fingerprint density at radius 2 is 1.71 bits per heavy atom. The number of halogens is 2. The SMILES string of the molecule is CCN(CC)S(=O)(=O)c1cc(C(=O)Nc2ccc(F)c([N+](=O)[O-])c2)ccc1F. The number of hydrogen-bond donors (Lipinski definition) is 1. The molecule has 0 bridgehead atoms. The Morgan fingerprint density at radius 3 is 2.29 bits per heavy atom. The molecule has 0 spiro atoms. The van der Waals surface area contributed by atoms with Crippen LogP contribution in [0.15, 0.2) is 41.3 Å². The van der Waals surface area contributed by atoms with Crippen LogP contribution in [0.25, 0.3) is 0 Å². The lowest BCUT2D eigenvalue weighted by molar-refractivity contribution is -0.387. The first kappa shape index (κ1) is 21.4. The van der Waals surface area contributed by atoms with Crippen LogP contribution >= 0.6 is 0 Å². The van der Waals surface area contributed by atoms with E-state index in [4.69, 9.17) is 0 Å². The van der Waals surface area contributed by atoms with Crippen molar-refractivity contribution < 1.29 is 26.9 Å². The Kier molecular flexibility index (Phi) is 6.41. The van der Waals surface area contributed by atoms with Crippen molar-refractivity contribution in [3.8, 4) is 0 Å². The lowest BCUT2D eigenvalue weighted by Crippen LogP contribution is -2.31. The lowest BCUT2D eigenvalue weighted by Gasteiger charge is -2.19. The van der Waals surface area contributed by atoms with E-state index in [9.17, 15) is 32.1 Å². The van der Waals surface area contributed by atoms with Crippen molar-refractivity contribution >= 4 is 27.3 Å². The number of nitrogens with one attached hydrogen (secondary N) is 1. The second-order valence-electron chi connectivity index (χ2n) is 5.61. The maximum absolute atomic E-state index is 14.1. The minimum Gasteiger partial charge on any atom is -0.322 e. The van der Waals surface area contributed by atoms with Gasteiger partial charge in [-0.25, -0.2) is 12.8 Å². The van der Waals surface area contributed by atoms with E-state index in [1.54, 1.807) is 13.8 Å². The summed E-state index contributed by atoms with van der Waals surface area (Å²) >= 11 is 0. The van der Waals surface area contributed by atoms with Gasteiger partial charge >= 0.3 is 5.69 Å². The zero-order chi connectivity index (χ0) is 21.1. The van der Waals surface area contributed by atoms with Crippen LogP contribution in [-0.4, -0.2) is 36.6 Å². The topological polar surface area (TPSA) is 110 Å². The fourth-order valence-electron chi connectivity index (χ4n) is 2.48. The van der Waals surface area contributed by atoms with Gasteiger partial charge in [0, 0.05) is 30.4 Å². The molecule has 8 nitrogen and oxygen atoms in total. The fourth-order valence-corrected chi connectivity index (χ4v) is 4.03. The highest BCUT2D eigenvalue weighted by molar-refractivity contribution is 7.89. The van der Waals surface area contributed by atoms with E-state index in [2.05, 4.69) is 5.32 Å². The number of carbonyl (C=O) groups is 1. The zero-order valence-corrected chi connectivity index (χ0v) is 15.8. The standard InChI is InChI=1S/C17H17F2N3O5S/c1-3-21(4-2)28(26,27)16-9-11(5-7-14(16)19)17(23)20-12-6-8-13(18)15(10-12)22(24)25/h5-10H,3-4H2,1-2H3,(H,20,23). The fraction of sp³-hybridized carbons (Fsp3) is 0.235. The number of carbonyl (C=O) groups excluding carboxylic acids is 1. The molecule has 0 saturated heterocycles. The summed E-state index contributed by atoms with van der Waals surface area (Å²) in [5, 5.41) is 13.1. The van der Waals surface area contributed by atoms with Gasteiger partial charge in [0.05, 0.1) is 4.92 Å². The smallest absolute Gasteiger partial charge is 0.306 e. The number of anilines is 1. The second-order valence-corrected chi connectivity index (χ2v) is 7.52. The molecule has 150 valence electrons. The van der Waals surface area contributed by atoms with Gasteiger partial charge < -0.3 is 5.32 Å². The molecule has 2 aromatic carbocycles. The first-order valence-electron chi connectivity index (χ1n) is 8.16. The van der Waals surface area contributed by atoms with Crippen LogP contribution in [-0.2, 0) is 10.0 Å². The predicted octanol–water partition coefficient (Wildman–Crippen LogP) is 3.16. The molecule has 0 atom stereocenters. The summed E-state index contributed by atoms with van der Waals surface area (Å²) in [6, 6.07) is 5.55. The first-order chi connectivity index (χ1) is 13.1.